The first kappa shape index (κ1) is 56.5. The van der Waals surface area contributed by atoms with Crippen molar-refractivity contribution in [3.63, 3.8) is 0 Å². The van der Waals surface area contributed by atoms with E-state index in [0.29, 0.717) is 13.0 Å². The number of esters is 1. The molecule has 0 rings (SSSR count). The molecule has 0 radical (unpaired) electrons. The molecule has 0 bridgehead atoms. The van der Waals surface area contributed by atoms with Crippen molar-refractivity contribution in [3.8, 4) is 0 Å². The van der Waals surface area contributed by atoms with Crippen molar-refractivity contribution in [1.82, 2.24) is 0 Å². The van der Waals surface area contributed by atoms with E-state index >= 15 is 0 Å². The molecule has 0 spiro atoms. The number of phosphoric acid groups is 1. The molecule has 8 heteroatoms. The summed E-state index contributed by atoms with van der Waals surface area (Å²) in [4.78, 5) is 30.7. The maximum Gasteiger partial charge on any atom is 0.469 e. The van der Waals surface area contributed by atoms with Gasteiger partial charge in [-0.1, -0.05) is 264 Å². The molecule has 1 atom stereocenters. The number of carbonyl (C=O) groups is 1. The van der Waals surface area contributed by atoms with Crippen LogP contribution >= 0.6 is 7.82 Å². The summed E-state index contributed by atoms with van der Waals surface area (Å²) in [5.74, 6) is -0.353. The van der Waals surface area contributed by atoms with Crippen LogP contribution in [0.5, 0.6) is 0 Å². The van der Waals surface area contributed by atoms with Crippen molar-refractivity contribution >= 4 is 13.8 Å². The minimum Gasteiger partial charge on any atom is -0.457 e. The number of hydrogen-bond acceptors (Lipinski definition) is 5. The molecular weight excluding hydrogens is 732 g/mol. The van der Waals surface area contributed by atoms with Crippen LogP contribution < -0.4 is 0 Å². The molecule has 342 valence electrons. The predicted molar refractivity (Wildman–Crippen MR) is 244 cm³/mol. The zero-order valence-electron chi connectivity index (χ0n) is 38.3. The summed E-state index contributed by atoms with van der Waals surface area (Å²) in [6.45, 7) is 4.82. The van der Waals surface area contributed by atoms with Crippen LogP contribution in [0.3, 0.4) is 0 Å². The molecule has 0 saturated heterocycles. The van der Waals surface area contributed by atoms with Crippen LogP contribution in [-0.4, -0.2) is 41.7 Å². The Morgan fingerprint density at radius 3 is 0.947 bits per heavy atom. The number of phosphoric ester groups is 1. The van der Waals surface area contributed by atoms with E-state index in [1.54, 1.807) is 0 Å². The van der Waals surface area contributed by atoms with E-state index in [2.05, 4.69) is 18.4 Å². The number of carbonyl (C=O) groups excluding carboxylic acids is 1. The van der Waals surface area contributed by atoms with Crippen LogP contribution in [0.25, 0.3) is 0 Å². The number of unbranched alkanes of at least 4 members (excludes halogenated alkanes) is 39. The van der Waals surface area contributed by atoms with Crippen LogP contribution in [0.1, 0.15) is 284 Å². The van der Waals surface area contributed by atoms with E-state index in [9.17, 15) is 9.36 Å². The summed E-state index contributed by atoms with van der Waals surface area (Å²) in [6.07, 6.45) is 54.2. The predicted octanol–water partition coefficient (Wildman–Crippen LogP) is 16.4. The minimum absolute atomic E-state index is 0.0870. The number of hydrogen-bond donors (Lipinski definition) is 2. The maximum atomic E-state index is 12.5. The van der Waals surface area contributed by atoms with Crippen LogP contribution in [-0.2, 0) is 23.4 Å². The number of ether oxygens (including phenoxy) is 2. The van der Waals surface area contributed by atoms with Crippen LogP contribution in [0.15, 0.2) is 0 Å². The highest BCUT2D eigenvalue weighted by molar-refractivity contribution is 7.46. The first-order chi connectivity index (χ1) is 27.9. The van der Waals surface area contributed by atoms with Gasteiger partial charge in [0.1, 0.15) is 6.10 Å². The average Bonchev–Trinajstić information content (AvgIpc) is 3.19. The zero-order chi connectivity index (χ0) is 41.6. The van der Waals surface area contributed by atoms with E-state index < -0.39 is 13.9 Å². The Morgan fingerprint density at radius 2 is 0.667 bits per heavy atom. The molecular formula is C49H99O7P. The SMILES string of the molecule is CCCCCCCCCCCCCCCCCCCCCCCCCCCCCC(=O)O[C@H](COCCCCCCCCCCCCCCCC)COP(=O)(O)O. The third-order valence-electron chi connectivity index (χ3n) is 11.7. The fourth-order valence-corrected chi connectivity index (χ4v) is 8.28. The highest BCUT2D eigenvalue weighted by Gasteiger charge is 2.21. The molecule has 0 saturated carbocycles. The second-order valence-corrected chi connectivity index (χ2v) is 18.8. The fraction of sp³-hybridized carbons (Fsp3) is 0.980. The Kier molecular flexibility index (Phi) is 46.2. The van der Waals surface area contributed by atoms with Gasteiger partial charge in [-0.25, -0.2) is 4.57 Å². The zero-order valence-corrected chi connectivity index (χ0v) is 39.2. The Morgan fingerprint density at radius 1 is 0.404 bits per heavy atom. The second-order valence-electron chi connectivity index (χ2n) is 17.5. The lowest BCUT2D eigenvalue weighted by atomic mass is 10.0. The first-order valence-electron chi connectivity index (χ1n) is 25.4. The van der Waals surface area contributed by atoms with Crippen LogP contribution in [0.2, 0.25) is 0 Å². The third-order valence-corrected chi connectivity index (χ3v) is 12.1. The minimum atomic E-state index is -4.65. The van der Waals surface area contributed by atoms with Gasteiger partial charge < -0.3 is 19.3 Å². The van der Waals surface area contributed by atoms with Crippen molar-refractivity contribution in [2.45, 2.75) is 290 Å². The van der Waals surface area contributed by atoms with Crippen molar-refractivity contribution in [2.75, 3.05) is 19.8 Å². The van der Waals surface area contributed by atoms with E-state index in [1.165, 1.54) is 231 Å². The standard InChI is InChI=1S/C49H99O7P/c1-3-5-7-9-11-13-15-17-19-20-21-22-23-24-25-26-27-28-29-30-31-32-34-36-38-40-42-44-49(50)56-48(47-55-57(51,52)53)46-54-45-43-41-39-37-35-33-18-16-14-12-10-8-6-4-2/h48H,3-47H2,1-2H3,(H2,51,52,53)/t48-/m1/s1. The van der Waals surface area contributed by atoms with Crippen molar-refractivity contribution in [1.29, 1.82) is 0 Å². The molecule has 0 fully saturated rings. The van der Waals surface area contributed by atoms with Gasteiger partial charge in [-0.05, 0) is 12.8 Å². The molecule has 0 aliphatic rings. The molecule has 0 aromatic heterocycles. The van der Waals surface area contributed by atoms with Gasteiger partial charge >= 0.3 is 13.8 Å². The largest absolute Gasteiger partial charge is 0.469 e. The maximum absolute atomic E-state index is 12.5. The lowest BCUT2D eigenvalue weighted by Gasteiger charge is -2.18. The van der Waals surface area contributed by atoms with E-state index in [-0.39, 0.29) is 19.2 Å². The fourth-order valence-electron chi connectivity index (χ4n) is 7.92. The molecule has 2 N–H and O–H groups in total. The number of rotatable bonds is 49. The monoisotopic (exact) mass is 831 g/mol. The highest BCUT2D eigenvalue weighted by atomic mass is 31.2. The van der Waals surface area contributed by atoms with Gasteiger partial charge in [0.25, 0.3) is 0 Å². The molecule has 0 amide bonds. The molecule has 7 nitrogen and oxygen atoms in total. The highest BCUT2D eigenvalue weighted by Crippen LogP contribution is 2.36. The molecule has 0 aliphatic heterocycles. The van der Waals surface area contributed by atoms with E-state index in [0.717, 1.165) is 32.1 Å². The van der Waals surface area contributed by atoms with Gasteiger partial charge in [0.05, 0.1) is 13.2 Å². The quantitative estimate of drug-likeness (QED) is 0.0358. The molecule has 0 aromatic rings. The van der Waals surface area contributed by atoms with Crippen molar-refractivity contribution in [3.05, 3.63) is 0 Å². The molecule has 0 heterocycles. The van der Waals surface area contributed by atoms with Gasteiger partial charge in [0.15, 0.2) is 0 Å². The average molecular weight is 831 g/mol. The van der Waals surface area contributed by atoms with Gasteiger partial charge in [-0.15, -0.1) is 0 Å². The topological polar surface area (TPSA) is 102 Å². The van der Waals surface area contributed by atoms with Crippen molar-refractivity contribution in [2.24, 2.45) is 0 Å². The Bertz CT molecular complexity index is 835. The van der Waals surface area contributed by atoms with Gasteiger partial charge in [-0.3, -0.25) is 9.32 Å². The lowest BCUT2D eigenvalue weighted by molar-refractivity contribution is -0.154. The summed E-state index contributed by atoms with van der Waals surface area (Å²) in [5, 5.41) is 0. The smallest absolute Gasteiger partial charge is 0.457 e. The van der Waals surface area contributed by atoms with Crippen LogP contribution in [0.4, 0.5) is 0 Å². The van der Waals surface area contributed by atoms with Gasteiger partial charge in [0.2, 0.25) is 0 Å². The summed E-state index contributed by atoms with van der Waals surface area (Å²) >= 11 is 0. The van der Waals surface area contributed by atoms with Gasteiger partial charge in [0, 0.05) is 13.0 Å². The molecule has 57 heavy (non-hydrogen) atoms. The molecule has 0 aliphatic carbocycles. The van der Waals surface area contributed by atoms with E-state index in [1.807, 2.05) is 0 Å². The Hall–Kier alpha value is -0.460. The van der Waals surface area contributed by atoms with Crippen LogP contribution in [0, 0.1) is 0 Å². The van der Waals surface area contributed by atoms with Gasteiger partial charge in [-0.2, -0.15) is 0 Å². The normalized spacial score (nSPS) is 12.4. The Labute approximate surface area is 355 Å². The summed E-state index contributed by atoms with van der Waals surface area (Å²) in [7, 11) is -4.65. The van der Waals surface area contributed by atoms with Crippen molar-refractivity contribution < 1.29 is 33.1 Å². The second kappa shape index (κ2) is 46.6. The summed E-state index contributed by atoms with van der Waals surface area (Å²) in [5.41, 5.74) is 0. The molecule has 0 unspecified atom stereocenters. The lowest BCUT2D eigenvalue weighted by Crippen LogP contribution is -2.28. The molecule has 0 aromatic carbocycles. The third kappa shape index (κ3) is 49.8. The Balaban J connectivity index is 3.60. The summed E-state index contributed by atoms with van der Waals surface area (Å²) < 4.78 is 27.1. The first-order valence-corrected chi connectivity index (χ1v) is 26.9. The summed E-state index contributed by atoms with van der Waals surface area (Å²) in [6, 6.07) is 0. The van der Waals surface area contributed by atoms with E-state index in [4.69, 9.17) is 19.3 Å².